The van der Waals surface area contributed by atoms with E-state index in [4.69, 9.17) is 4.74 Å². The van der Waals surface area contributed by atoms with Gasteiger partial charge in [0.05, 0.1) is 6.61 Å². The highest BCUT2D eigenvalue weighted by Crippen LogP contribution is 2.12. The molecule has 0 bridgehead atoms. The first kappa shape index (κ1) is 25.2. The Balaban J connectivity index is 3.06. The Morgan fingerprint density at radius 3 is 1.42 bits per heavy atom. The standard InChI is InChI=1S/C24H46O2/c1-3-4-5-6-7-8-9-10-11-12-13-14-15-16-17-18-19-20-21-22-23-26-24(2)25/h10-11H,3-9,12-23H2,1-2H3/b11-10+. The van der Waals surface area contributed by atoms with E-state index in [1.54, 1.807) is 0 Å². The molecule has 0 radical (unpaired) electrons. The van der Waals surface area contributed by atoms with Crippen LogP contribution in [0.5, 0.6) is 0 Å². The summed E-state index contributed by atoms with van der Waals surface area (Å²) in [6.45, 7) is 4.36. The van der Waals surface area contributed by atoms with Crippen LogP contribution in [0.3, 0.4) is 0 Å². The van der Waals surface area contributed by atoms with Gasteiger partial charge in [0.2, 0.25) is 0 Å². The summed E-state index contributed by atoms with van der Waals surface area (Å²) in [6.07, 6.45) is 28.9. The number of carbonyl (C=O) groups is 1. The van der Waals surface area contributed by atoms with Crippen molar-refractivity contribution in [1.82, 2.24) is 0 Å². The molecule has 26 heavy (non-hydrogen) atoms. The molecule has 0 saturated carbocycles. The van der Waals surface area contributed by atoms with Crippen molar-refractivity contribution in [2.45, 2.75) is 129 Å². The van der Waals surface area contributed by atoms with Crippen LogP contribution >= 0.6 is 0 Å². The monoisotopic (exact) mass is 366 g/mol. The molecule has 0 saturated heterocycles. The van der Waals surface area contributed by atoms with Crippen molar-refractivity contribution >= 4 is 5.97 Å². The van der Waals surface area contributed by atoms with E-state index in [0.717, 1.165) is 6.42 Å². The van der Waals surface area contributed by atoms with Gasteiger partial charge in [-0.05, 0) is 32.1 Å². The first-order valence-corrected chi connectivity index (χ1v) is 11.6. The predicted molar refractivity (Wildman–Crippen MR) is 115 cm³/mol. The van der Waals surface area contributed by atoms with Gasteiger partial charge in [0.1, 0.15) is 0 Å². The number of esters is 1. The third-order valence-electron chi connectivity index (χ3n) is 4.96. The summed E-state index contributed by atoms with van der Waals surface area (Å²) in [6, 6.07) is 0. The first-order valence-electron chi connectivity index (χ1n) is 11.6. The van der Waals surface area contributed by atoms with Gasteiger partial charge in [0, 0.05) is 6.92 Å². The molecule has 0 fully saturated rings. The lowest BCUT2D eigenvalue weighted by Gasteiger charge is -2.03. The number of hydrogen-bond acceptors (Lipinski definition) is 2. The molecule has 0 atom stereocenters. The fourth-order valence-corrected chi connectivity index (χ4v) is 3.27. The van der Waals surface area contributed by atoms with Crippen molar-refractivity contribution in [3.63, 3.8) is 0 Å². The smallest absolute Gasteiger partial charge is 0.302 e. The van der Waals surface area contributed by atoms with Crippen LogP contribution in [0.15, 0.2) is 12.2 Å². The van der Waals surface area contributed by atoms with Crippen LogP contribution in [0.1, 0.15) is 129 Å². The Hall–Kier alpha value is -0.790. The van der Waals surface area contributed by atoms with Crippen LogP contribution in [0.4, 0.5) is 0 Å². The molecule has 0 amide bonds. The number of unbranched alkanes of at least 4 members (excludes halogenated alkanes) is 16. The Kier molecular flexibility index (Phi) is 21.6. The molecule has 0 aliphatic carbocycles. The number of rotatable bonds is 20. The van der Waals surface area contributed by atoms with Gasteiger partial charge in [-0.3, -0.25) is 4.79 Å². The minimum Gasteiger partial charge on any atom is -0.466 e. The lowest BCUT2D eigenvalue weighted by molar-refractivity contribution is -0.141. The fourth-order valence-electron chi connectivity index (χ4n) is 3.27. The normalized spacial score (nSPS) is 11.3. The van der Waals surface area contributed by atoms with Crippen molar-refractivity contribution in [2.75, 3.05) is 6.61 Å². The van der Waals surface area contributed by atoms with Gasteiger partial charge in [0.25, 0.3) is 0 Å². The molecule has 0 N–H and O–H groups in total. The van der Waals surface area contributed by atoms with E-state index in [0.29, 0.717) is 6.61 Å². The minimum absolute atomic E-state index is 0.154. The van der Waals surface area contributed by atoms with Gasteiger partial charge >= 0.3 is 5.97 Å². The number of allylic oxidation sites excluding steroid dienone is 2. The Bertz CT molecular complexity index is 309. The lowest BCUT2D eigenvalue weighted by atomic mass is 10.1. The van der Waals surface area contributed by atoms with Crippen molar-refractivity contribution in [3.8, 4) is 0 Å². The molecule has 0 heterocycles. The zero-order valence-corrected chi connectivity index (χ0v) is 17.9. The van der Waals surface area contributed by atoms with Crippen LogP contribution in [-0.4, -0.2) is 12.6 Å². The summed E-state index contributed by atoms with van der Waals surface area (Å²) in [4.78, 5) is 10.6. The number of carbonyl (C=O) groups excluding carboxylic acids is 1. The summed E-state index contributed by atoms with van der Waals surface area (Å²) in [7, 11) is 0. The number of ether oxygens (including phenoxy) is 1. The second kappa shape index (κ2) is 22.3. The molecule has 0 aromatic carbocycles. The van der Waals surface area contributed by atoms with E-state index in [9.17, 15) is 4.79 Å². The van der Waals surface area contributed by atoms with Crippen molar-refractivity contribution < 1.29 is 9.53 Å². The molecule has 0 unspecified atom stereocenters. The molecule has 2 heteroatoms. The van der Waals surface area contributed by atoms with Gasteiger partial charge < -0.3 is 4.74 Å². The van der Waals surface area contributed by atoms with Crippen LogP contribution < -0.4 is 0 Å². The van der Waals surface area contributed by atoms with E-state index in [2.05, 4.69) is 19.1 Å². The van der Waals surface area contributed by atoms with Gasteiger partial charge in [-0.1, -0.05) is 103 Å². The van der Waals surface area contributed by atoms with E-state index >= 15 is 0 Å². The predicted octanol–water partition coefficient (Wildman–Crippen LogP) is 8.15. The van der Waals surface area contributed by atoms with E-state index in [1.807, 2.05) is 0 Å². The molecule has 0 aliphatic rings. The molecule has 0 aliphatic heterocycles. The van der Waals surface area contributed by atoms with Crippen LogP contribution in [0.25, 0.3) is 0 Å². The minimum atomic E-state index is -0.154. The van der Waals surface area contributed by atoms with E-state index in [-0.39, 0.29) is 5.97 Å². The molecule has 0 spiro atoms. The molecule has 0 aromatic heterocycles. The van der Waals surface area contributed by atoms with Gasteiger partial charge in [-0.25, -0.2) is 0 Å². The van der Waals surface area contributed by atoms with Gasteiger partial charge in [-0.2, -0.15) is 0 Å². The summed E-state index contributed by atoms with van der Waals surface area (Å²) in [5, 5.41) is 0. The Morgan fingerprint density at radius 1 is 0.615 bits per heavy atom. The van der Waals surface area contributed by atoms with Crippen LogP contribution in [-0.2, 0) is 9.53 Å². The lowest BCUT2D eigenvalue weighted by Crippen LogP contribution is -2.00. The second-order valence-corrected chi connectivity index (χ2v) is 7.69. The van der Waals surface area contributed by atoms with Gasteiger partial charge in [-0.15, -0.1) is 0 Å². The number of hydrogen-bond donors (Lipinski definition) is 0. The van der Waals surface area contributed by atoms with Gasteiger partial charge in [0.15, 0.2) is 0 Å². The molecular weight excluding hydrogens is 320 g/mol. The topological polar surface area (TPSA) is 26.3 Å². The van der Waals surface area contributed by atoms with E-state index in [1.165, 1.54) is 116 Å². The molecule has 2 nitrogen and oxygen atoms in total. The Labute approximate surface area is 164 Å². The maximum absolute atomic E-state index is 10.6. The summed E-state index contributed by atoms with van der Waals surface area (Å²) < 4.78 is 4.94. The van der Waals surface area contributed by atoms with E-state index < -0.39 is 0 Å². The highest BCUT2D eigenvalue weighted by molar-refractivity contribution is 5.65. The zero-order valence-electron chi connectivity index (χ0n) is 17.9. The third-order valence-corrected chi connectivity index (χ3v) is 4.96. The molecule has 154 valence electrons. The van der Waals surface area contributed by atoms with Crippen LogP contribution in [0.2, 0.25) is 0 Å². The van der Waals surface area contributed by atoms with Crippen molar-refractivity contribution in [2.24, 2.45) is 0 Å². The van der Waals surface area contributed by atoms with Crippen molar-refractivity contribution in [3.05, 3.63) is 12.2 Å². The average molecular weight is 367 g/mol. The fraction of sp³-hybridized carbons (Fsp3) is 0.875. The quantitative estimate of drug-likeness (QED) is 0.123. The molecule has 0 rings (SSSR count). The van der Waals surface area contributed by atoms with Crippen molar-refractivity contribution in [1.29, 1.82) is 0 Å². The first-order chi connectivity index (χ1) is 12.8. The summed E-state index contributed by atoms with van der Waals surface area (Å²) in [5.41, 5.74) is 0. The summed E-state index contributed by atoms with van der Waals surface area (Å²) >= 11 is 0. The Morgan fingerprint density at radius 2 is 1.00 bits per heavy atom. The second-order valence-electron chi connectivity index (χ2n) is 7.69. The maximum atomic E-state index is 10.6. The average Bonchev–Trinajstić information content (AvgIpc) is 2.62. The highest BCUT2D eigenvalue weighted by atomic mass is 16.5. The third kappa shape index (κ3) is 23.2. The largest absolute Gasteiger partial charge is 0.466 e. The highest BCUT2D eigenvalue weighted by Gasteiger charge is 1.95. The van der Waals surface area contributed by atoms with Crippen LogP contribution in [0, 0.1) is 0 Å². The maximum Gasteiger partial charge on any atom is 0.302 e. The zero-order chi connectivity index (χ0) is 19.1. The summed E-state index contributed by atoms with van der Waals surface area (Å²) in [5.74, 6) is -0.154. The SMILES string of the molecule is CCCCCCCC/C=C/CCCCCCCCCCCCOC(C)=O. The molecule has 0 aromatic rings. The molecular formula is C24H46O2.